The van der Waals surface area contributed by atoms with Crippen molar-refractivity contribution in [2.45, 2.75) is 33.0 Å². The number of guanidine groups is 1. The van der Waals surface area contributed by atoms with Crippen molar-refractivity contribution in [1.82, 2.24) is 10.6 Å². The lowest BCUT2D eigenvalue weighted by atomic mass is 10.2. The predicted molar refractivity (Wildman–Crippen MR) is 95.7 cm³/mol. The zero-order chi connectivity index (χ0) is 16.5. The number of benzene rings is 2. The van der Waals surface area contributed by atoms with E-state index in [1.54, 1.807) is 7.05 Å². The van der Waals surface area contributed by atoms with Crippen LogP contribution in [0.5, 0.6) is 5.75 Å². The van der Waals surface area contributed by atoms with Crippen LogP contribution in [0.2, 0.25) is 0 Å². The van der Waals surface area contributed by atoms with E-state index in [0.717, 1.165) is 18.3 Å². The second kappa shape index (κ2) is 8.83. The van der Waals surface area contributed by atoms with Gasteiger partial charge < -0.3 is 15.4 Å². The third-order valence-electron chi connectivity index (χ3n) is 3.28. The summed E-state index contributed by atoms with van der Waals surface area (Å²) in [4.78, 5) is 4.19. The molecule has 2 aromatic carbocycles. The van der Waals surface area contributed by atoms with Gasteiger partial charge in [0.15, 0.2) is 5.96 Å². The normalized spacial score (nSPS) is 11.4. The van der Waals surface area contributed by atoms with E-state index in [-0.39, 0.29) is 0 Å². The number of ether oxygens (including phenoxy) is 1. The topological polar surface area (TPSA) is 45.7 Å². The molecule has 2 rings (SSSR count). The van der Waals surface area contributed by atoms with Crippen LogP contribution in [0.25, 0.3) is 0 Å². The Morgan fingerprint density at radius 2 is 1.70 bits per heavy atom. The minimum Gasteiger partial charge on any atom is -0.489 e. The Balaban J connectivity index is 1.82. The van der Waals surface area contributed by atoms with E-state index in [1.807, 2.05) is 30.3 Å². The maximum absolute atomic E-state index is 5.79. The molecular weight excluding hydrogens is 286 g/mol. The molecule has 0 spiro atoms. The second-order valence-electron chi connectivity index (χ2n) is 5.64. The fourth-order valence-corrected chi connectivity index (χ4v) is 2.10. The molecule has 0 heterocycles. The van der Waals surface area contributed by atoms with E-state index in [4.69, 9.17) is 4.74 Å². The van der Waals surface area contributed by atoms with Crippen LogP contribution in [0.1, 0.15) is 25.0 Å². The molecule has 2 N–H and O–H groups in total. The quantitative estimate of drug-likeness (QED) is 0.635. The molecule has 0 saturated heterocycles. The molecule has 0 aliphatic rings. The molecule has 4 nitrogen and oxygen atoms in total. The van der Waals surface area contributed by atoms with E-state index in [2.05, 4.69) is 53.7 Å². The first-order chi connectivity index (χ1) is 11.2. The zero-order valence-corrected chi connectivity index (χ0v) is 14.0. The summed E-state index contributed by atoms with van der Waals surface area (Å²) in [5.41, 5.74) is 2.35. The van der Waals surface area contributed by atoms with Crippen LogP contribution in [0.4, 0.5) is 0 Å². The first-order valence-electron chi connectivity index (χ1n) is 7.90. The molecule has 0 aliphatic carbocycles. The summed E-state index contributed by atoms with van der Waals surface area (Å²) in [5.74, 6) is 1.69. The Labute approximate surface area is 138 Å². The van der Waals surface area contributed by atoms with Gasteiger partial charge in [-0.2, -0.15) is 0 Å². The van der Waals surface area contributed by atoms with Gasteiger partial charge in [-0.05, 0) is 37.1 Å². The lowest BCUT2D eigenvalue weighted by Crippen LogP contribution is -2.40. The summed E-state index contributed by atoms with van der Waals surface area (Å²) >= 11 is 0. The van der Waals surface area contributed by atoms with Crippen LogP contribution in [0, 0.1) is 0 Å². The summed E-state index contributed by atoms with van der Waals surface area (Å²) in [5, 5.41) is 6.56. The summed E-state index contributed by atoms with van der Waals surface area (Å²) < 4.78 is 5.79. The van der Waals surface area contributed by atoms with Gasteiger partial charge in [0.1, 0.15) is 12.4 Å². The standard InChI is InChI=1S/C19H25N3O/c1-15(2)22-19(20-3)21-13-16-9-11-18(12-10-16)23-14-17-7-5-4-6-8-17/h4-12,15H,13-14H2,1-3H3,(H2,20,21,22). The van der Waals surface area contributed by atoms with Crippen molar-refractivity contribution < 1.29 is 4.74 Å². The summed E-state index contributed by atoms with van der Waals surface area (Å²) in [6.07, 6.45) is 0. The molecule has 0 bridgehead atoms. The van der Waals surface area contributed by atoms with Gasteiger partial charge in [-0.15, -0.1) is 0 Å². The van der Waals surface area contributed by atoms with Gasteiger partial charge >= 0.3 is 0 Å². The van der Waals surface area contributed by atoms with Crippen LogP contribution >= 0.6 is 0 Å². The van der Waals surface area contributed by atoms with Crippen LogP contribution in [0.3, 0.4) is 0 Å². The molecule has 0 atom stereocenters. The van der Waals surface area contributed by atoms with E-state index in [1.165, 1.54) is 11.1 Å². The third kappa shape index (κ3) is 6.02. The van der Waals surface area contributed by atoms with Gasteiger partial charge in [-0.1, -0.05) is 42.5 Å². The molecule has 0 amide bonds. The Morgan fingerprint density at radius 1 is 1.00 bits per heavy atom. The molecule has 0 radical (unpaired) electrons. The van der Waals surface area contributed by atoms with Gasteiger partial charge in [-0.25, -0.2) is 0 Å². The van der Waals surface area contributed by atoms with Crippen LogP contribution in [-0.2, 0) is 13.2 Å². The Hall–Kier alpha value is -2.49. The van der Waals surface area contributed by atoms with Crippen molar-refractivity contribution in [3.05, 3.63) is 65.7 Å². The van der Waals surface area contributed by atoms with Crippen molar-refractivity contribution >= 4 is 5.96 Å². The molecular formula is C19H25N3O. The van der Waals surface area contributed by atoms with Gasteiger partial charge in [-0.3, -0.25) is 4.99 Å². The van der Waals surface area contributed by atoms with Gasteiger partial charge in [0.05, 0.1) is 0 Å². The highest BCUT2D eigenvalue weighted by atomic mass is 16.5. The van der Waals surface area contributed by atoms with Crippen LogP contribution < -0.4 is 15.4 Å². The molecule has 23 heavy (non-hydrogen) atoms. The number of hydrogen-bond donors (Lipinski definition) is 2. The molecule has 0 aromatic heterocycles. The molecule has 122 valence electrons. The Bertz CT molecular complexity index is 606. The highest BCUT2D eigenvalue weighted by Crippen LogP contribution is 2.14. The average molecular weight is 311 g/mol. The lowest BCUT2D eigenvalue weighted by molar-refractivity contribution is 0.306. The minimum absolute atomic E-state index is 0.356. The minimum atomic E-state index is 0.356. The van der Waals surface area contributed by atoms with Gasteiger partial charge in [0.2, 0.25) is 0 Å². The van der Waals surface area contributed by atoms with E-state index in [9.17, 15) is 0 Å². The first-order valence-corrected chi connectivity index (χ1v) is 7.90. The van der Waals surface area contributed by atoms with E-state index < -0.39 is 0 Å². The summed E-state index contributed by atoms with van der Waals surface area (Å²) in [6.45, 7) is 5.49. The van der Waals surface area contributed by atoms with Crippen LogP contribution in [0.15, 0.2) is 59.6 Å². The van der Waals surface area contributed by atoms with Crippen molar-refractivity contribution in [3.8, 4) is 5.75 Å². The Morgan fingerprint density at radius 3 is 2.30 bits per heavy atom. The summed E-state index contributed by atoms with van der Waals surface area (Å²) in [6, 6.07) is 18.7. The predicted octanol–water partition coefficient (Wildman–Crippen LogP) is 3.34. The van der Waals surface area contributed by atoms with E-state index in [0.29, 0.717) is 12.6 Å². The third-order valence-corrected chi connectivity index (χ3v) is 3.28. The Kier molecular flexibility index (Phi) is 6.48. The fourth-order valence-electron chi connectivity index (χ4n) is 2.10. The summed E-state index contributed by atoms with van der Waals surface area (Å²) in [7, 11) is 1.78. The number of nitrogens with zero attached hydrogens (tertiary/aromatic N) is 1. The molecule has 2 aromatic rings. The number of hydrogen-bond acceptors (Lipinski definition) is 2. The lowest BCUT2D eigenvalue weighted by Gasteiger charge is -2.14. The zero-order valence-electron chi connectivity index (χ0n) is 14.0. The van der Waals surface area contributed by atoms with E-state index >= 15 is 0 Å². The first kappa shape index (κ1) is 16.9. The monoisotopic (exact) mass is 311 g/mol. The van der Waals surface area contributed by atoms with Gasteiger partial charge in [0, 0.05) is 19.6 Å². The largest absolute Gasteiger partial charge is 0.489 e. The molecule has 0 unspecified atom stereocenters. The highest BCUT2D eigenvalue weighted by Gasteiger charge is 2.01. The van der Waals surface area contributed by atoms with Crippen molar-refractivity contribution in [1.29, 1.82) is 0 Å². The number of nitrogens with one attached hydrogen (secondary N) is 2. The molecule has 0 fully saturated rings. The van der Waals surface area contributed by atoms with Crippen molar-refractivity contribution in [2.75, 3.05) is 7.05 Å². The maximum atomic E-state index is 5.79. The van der Waals surface area contributed by atoms with Crippen molar-refractivity contribution in [2.24, 2.45) is 4.99 Å². The average Bonchev–Trinajstić information content (AvgIpc) is 2.58. The molecule has 0 aliphatic heterocycles. The van der Waals surface area contributed by atoms with Crippen molar-refractivity contribution in [3.63, 3.8) is 0 Å². The SMILES string of the molecule is CN=C(NCc1ccc(OCc2ccccc2)cc1)NC(C)C. The van der Waals surface area contributed by atoms with Gasteiger partial charge in [0.25, 0.3) is 0 Å². The molecule has 4 heteroatoms. The maximum Gasteiger partial charge on any atom is 0.191 e. The number of rotatable bonds is 6. The van der Waals surface area contributed by atoms with Crippen LogP contribution in [-0.4, -0.2) is 19.0 Å². The number of aliphatic imine (C=N–C) groups is 1. The smallest absolute Gasteiger partial charge is 0.191 e. The fraction of sp³-hybridized carbons (Fsp3) is 0.316. The second-order valence-corrected chi connectivity index (χ2v) is 5.64. The molecule has 0 saturated carbocycles. The highest BCUT2D eigenvalue weighted by molar-refractivity contribution is 5.79.